The number of anilines is 1. The summed E-state index contributed by atoms with van der Waals surface area (Å²) in [5.41, 5.74) is 1.72. The number of likely N-dealkylation sites (tertiary alicyclic amines) is 1. The number of hydrogen-bond donors (Lipinski definition) is 0. The fourth-order valence-electron chi connectivity index (χ4n) is 3.24. The number of nitrogens with zero attached hydrogens (tertiary/aromatic N) is 2. The van der Waals surface area contributed by atoms with Crippen LogP contribution in [0, 0.1) is 0 Å². The van der Waals surface area contributed by atoms with Crippen LogP contribution in [-0.4, -0.2) is 36.9 Å². The van der Waals surface area contributed by atoms with Crippen LogP contribution in [0.15, 0.2) is 42.5 Å². The highest BCUT2D eigenvalue weighted by atomic mass is 16.5. The van der Waals surface area contributed by atoms with Gasteiger partial charge in [-0.25, -0.2) is 0 Å². The Bertz CT molecular complexity index is 825. The molecule has 2 aliphatic rings. The van der Waals surface area contributed by atoms with Crippen molar-refractivity contribution in [3.05, 3.63) is 53.6 Å². The van der Waals surface area contributed by atoms with Gasteiger partial charge in [0.15, 0.2) is 5.75 Å². The molecular weight excluding hydrogens is 304 g/mol. The van der Waals surface area contributed by atoms with Crippen molar-refractivity contribution in [3.63, 3.8) is 0 Å². The SMILES string of the molecule is CN1C(=O)c2ccccc2Oc2ccc(C(=O)N3CCCC3)cc21. The molecule has 5 nitrogen and oxygen atoms in total. The van der Waals surface area contributed by atoms with Gasteiger partial charge in [-0.15, -0.1) is 0 Å². The van der Waals surface area contributed by atoms with Crippen molar-refractivity contribution in [2.75, 3.05) is 25.0 Å². The van der Waals surface area contributed by atoms with E-state index in [4.69, 9.17) is 4.74 Å². The molecule has 0 aliphatic carbocycles. The van der Waals surface area contributed by atoms with E-state index in [1.165, 1.54) is 0 Å². The molecule has 122 valence electrons. The third-order valence-corrected chi connectivity index (χ3v) is 4.60. The molecule has 1 saturated heterocycles. The molecule has 0 radical (unpaired) electrons. The van der Waals surface area contributed by atoms with Gasteiger partial charge in [0, 0.05) is 25.7 Å². The first-order valence-electron chi connectivity index (χ1n) is 8.13. The van der Waals surface area contributed by atoms with Crippen LogP contribution in [0.5, 0.6) is 11.5 Å². The number of carbonyl (C=O) groups is 2. The Balaban J connectivity index is 1.75. The predicted octanol–water partition coefficient (Wildman–Crippen LogP) is 3.30. The zero-order valence-corrected chi connectivity index (χ0v) is 13.5. The van der Waals surface area contributed by atoms with E-state index >= 15 is 0 Å². The first-order valence-corrected chi connectivity index (χ1v) is 8.13. The summed E-state index contributed by atoms with van der Waals surface area (Å²) in [5.74, 6) is 0.980. The van der Waals surface area contributed by atoms with E-state index in [-0.39, 0.29) is 11.8 Å². The monoisotopic (exact) mass is 322 g/mol. The molecule has 2 aromatic carbocycles. The van der Waals surface area contributed by atoms with Crippen LogP contribution >= 0.6 is 0 Å². The molecule has 2 heterocycles. The van der Waals surface area contributed by atoms with Gasteiger partial charge in [0.1, 0.15) is 5.75 Å². The fourth-order valence-corrected chi connectivity index (χ4v) is 3.24. The molecular formula is C19H18N2O3. The summed E-state index contributed by atoms with van der Waals surface area (Å²) in [6.45, 7) is 1.60. The third-order valence-electron chi connectivity index (χ3n) is 4.60. The van der Waals surface area contributed by atoms with E-state index in [0.717, 1.165) is 25.9 Å². The van der Waals surface area contributed by atoms with Gasteiger partial charge in [-0.05, 0) is 43.2 Å². The van der Waals surface area contributed by atoms with Crippen LogP contribution in [-0.2, 0) is 0 Å². The van der Waals surface area contributed by atoms with Crippen molar-refractivity contribution in [3.8, 4) is 11.5 Å². The zero-order valence-electron chi connectivity index (χ0n) is 13.5. The van der Waals surface area contributed by atoms with Crippen LogP contribution in [0.2, 0.25) is 0 Å². The molecule has 2 aliphatic heterocycles. The number of benzene rings is 2. The van der Waals surface area contributed by atoms with Crippen LogP contribution in [0.25, 0.3) is 0 Å². The van der Waals surface area contributed by atoms with Crippen molar-refractivity contribution in [1.82, 2.24) is 4.90 Å². The van der Waals surface area contributed by atoms with Gasteiger partial charge in [-0.1, -0.05) is 12.1 Å². The van der Waals surface area contributed by atoms with Gasteiger partial charge in [0.05, 0.1) is 11.3 Å². The molecule has 4 rings (SSSR count). The van der Waals surface area contributed by atoms with E-state index in [9.17, 15) is 9.59 Å². The molecule has 0 N–H and O–H groups in total. The Morgan fingerprint density at radius 2 is 1.79 bits per heavy atom. The zero-order chi connectivity index (χ0) is 16.7. The summed E-state index contributed by atoms with van der Waals surface area (Å²) in [5, 5.41) is 0. The van der Waals surface area contributed by atoms with Crippen LogP contribution in [0.1, 0.15) is 33.6 Å². The van der Waals surface area contributed by atoms with E-state index in [1.807, 2.05) is 17.0 Å². The highest BCUT2D eigenvalue weighted by molar-refractivity contribution is 6.10. The van der Waals surface area contributed by atoms with Crippen LogP contribution < -0.4 is 9.64 Å². The number of carbonyl (C=O) groups excluding carboxylic acids is 2. The maximum atomic E-state index is 12.7. The third kappa shape index (κ3) is 2.33. The Kier molecular flexibility index (Phi) is 3.49. The molecule has 0 saturated carbocycles. The topological polar surface area (TPSA) is 49.9 Å². The normalized spacial score (nSPS) is 16.3. The average Bonchev–Trinajstić information content (AvgIpc) is 3.12. The lowest BCUT2D eigenvalue weighted by molar-refractivity contribution is 0.0792. The lowest BCUT2D eigenvalue weighted by Crippen LogP contribution is -2.28. The maximum absolute atomic E-state index is 12.7. The Morgan fingerprint density at radius 3 is 2.58 bits per heavy atom. The summed E-state index contributed by atoms with van der Waals surface area (Å²) >= 11 is 0. The Labute approximate surface area is 140 Å². The van der Waals surface area contributed by atoms with E-state index in [0.29, 0.717) is 28.3 Å². The number of hydrogen-bond acceptors (Lipinski definition) is 3. The number of fused-ring (bicyclic) bond motifs is 2. The number of ether oxygens (including phenoxy) is 1. The molecule has 24 heavy (non-hydrogen) atoms. The second-order valence-electron chi connectivity index (χ2n) is 6.14. The maximum Gasteiger partial charge on any atom is 0.261 e. The first-order chi connectivity index (χ1) is 11.6. The summed E-state index contributed by atoms with van der Waals surface area (Å²) < 4.78 is 5.92. The highest BCUT2D eigenvalue weighted by Gasteiger charge is 2.27. The Morgan fingerprint density at radius 1 is 1.04 bits per heavy atom. The molecule has 2 amide bonds. The molecule has 0 atom stereocenters. The molecule has 1 fully saturated rings. The largest absolute Gasteiger partial charge is 0.454 e. The van der Waals surface area contributed by atoms with Gasteiger partial charge >= 0.3 is 0 Å². The Hall–Kier alpha value is -2.82. The number of rotatable bonds is 1. The lowest BCUT2D eigenvalue weighted by Gasteiger charge is -2.19. The first kappa shape index (κ1) is 14.8. The molecule has 0 spiro atoms. The standard InChI is InChI=1S/C19H18N2O3/c1-20-15-12-13(18(22)21-10-4-5-11-21)8-9-17(15)24-16-7-3-2-6-14(16)19(20)23/h2-3,6-9,12H,4-5,10-11H2,1H3. The van der Waals surface area contributed by atoms with Crippen molar-refractivity contribution in [2.45, 2.75) is 12.8 Å². The van der Waals surface area contributed by atoms with Crippen molar-refractivity contribution < 1.29 is 14.3 Å². The molecule has 2 aromatic rings. The van der Waals surface area contributed by atoms with E-state index in [2.05, 4.69) is 0 Å². The van der Waals surface area contributed by atoms with E-state index in [1.54, 1.807) is 42.3 Å². The van der Waals surface area contributed by atoms with Crippen molar-refractivity contribution >= 4 is 17.5 Å². The van der Waals surface area contributed by atoms with Crippen LogP contribution in [0.4, 0.5) is 5.69 Å². The van der Waals surface area contributed by atoms with Gasteiger partial charge in [-0.3, -0.25) is 9.59 Å². The fraction of sp³-hybridized carbons (Fsp3) is 0.263. The molecule has 0 bridgehead atoms. The quantitative estimate of drug-likeness (QED) is 0.809. The van der Waals surface area contributed by atoms with Gasteiger partial charge < -0.3 is 14.5 Å². The van der Waals surface area contributed by atoms with Crippen LogP contribution in [0.3, 0.4) is 0 Å². The average molecular weight is 322 g/mol. The predicted molar refractivity (Wildman–Crippen MR) is 90.8 cm³/mol. The summed E-state index contributed by atoms with van der Waals surface area (Å²) in [6.07, 6.45) is 2.10. The minimum Gasteiger partial charge on any atom is -0.454 e. The smallest absolute Gasteiger partial charge is 0.261 e. The highest BCUT2D eigenvalue weighted by Crippen LogP contribution is 2.38. The van der Waals surface area contributed by atoms with Crippen molar-refractivity contribution in [2.24, 2.45) is 0 Å². The lowest BCUT2D eigenvalue weighted by atomic mass is 10.1. The molecule has 5 heteroatoms. The minimum atomic E-state index is -0.143. The van der Waals surface area contributed by atoms with Gasteiger partial charge in [-0.2, -0.15) is 0 Å². The van der Waals surface area contributed by atoms with Gasteiger partial charge in [0.2, 0.25) is 0 Å². The van der Waals surface area contributed by atoms with Gasteiger partial charge in [0.25, 0.3) is 11.8 Å². The number of amides is 2. The number of para-hydroxylation sites is 1. The molecule has 0 unspecified atom stereocenters. The second-order valence-corrected chi connectivity index (χ2v) is 6.14. The summed E-state index contributed by atoms with van der Waals surface area (Å²) in [4.78, 5) is 28.7. The summed E-state index contributed by atoms with van der Waals surface area (Å²) in [6, 6.07) is 12.5. The molecule has 0 aromatic heterocycles. The summed E-state index contributed by atoms with van der Waals surface area (Å²) in [7, 11) is 1.71. The second kappa shape index (κ2) is 5.67. The van der Waals surface area contributed by atoms with Crippen molar-refractivity contribution in [1.29, 1.82) is 0 Å². The minimum absolute atomic E-state index is 0.0120. The van der Waals surface area contributed by atoms with E-state index < -0.39 is 0 Å².